The molecule has 0 spiro atoms. The first-order valence-electron chi connectivity index (χ1n) is 16.6. The van der Waals surface area contributed by atoms with Crippen LogP contribution in [0.25, 0.3) is 0 Å². The molecular formula is C36H54O8. The zero-order valence-electron chi connectivity index (χ0n) is 28.6. The van der Waals surface area contributed by atoms with Crippen LogP contribution in [-0.4, -0.2) is 50.3 Å². The summed E-state index contributed by atoms with van der Waals surface area (Å²) in [5.74, 6) is -1.34. The molecule has 5 rings (SSSR count). The van der Waals surface area contributed by atoms with Gasteiger partial charge in [0, 0.05) is 13.8 Å². The molecule has 0 aliphatic heterocycles. The third kappa shape index (κ3) is 4.42. The molecule has 0 aromatic rings. The van der Waals surface area contributed by atoms with Crippen LogP contribution in [0.4, 0.5) is 0 Å². The van der Waals surface area contributed by atoms with Crippen molar-refractivity contribution in [3.63, 3.8) is 0 Å². The molecule has 0 aromatic heterocycles. The maximum Gasteiger partial charge on any atom is 0.315 e. The predicted molar refractivity (Wildman–Crippen MR) is 164 cm³/mol. The van der Waals surface area contributed by atoms with Crippen molar-refractivity contribution in [2.24, 2.45) is 50.2 Å². The van der Waals surface area contributed by atoms with Gasteiger partial charge < -0.3 is 18.9 Å². The first-order valence-corrected chi connectivity index (χ1v) is 16.6. The lowest BCUT2D eigenvalue weighted by atomic mass is 9.33. The number of carbonyl (C=O) groups is 4. The number of esters is 4. The van der Waals surface area contributed by atoms with Crippen LogP contribution >= 0.6 is 0 Å². The molecule has 0 heterocycles. The summed E-state index contributed by atoms with van der Waals surface area (Å²) in [6.07, 6.45) is 8.20. The largest absolute Gasteiger partial charge is 0.469 e. The summed E-state index contributed by atoms with van der Waals surface area (Å²) in [6.45, 7) is 16.3. The summed E-state index contributed by atoms with van der Waals surface area (Å²) >= 11 is 0. The van der Waals surface area contributed by atoms with Crippen LogP contribution in [0.5, 0.6) is 0 Å². The van der Waals surface area contributed by atoms with Gasteiger partial charge in [-0.25, -0.2) is 0 Å². The number of hydrogen-bond acceptors (Lipinski definition) is 8. The lowest BCUT2D eigenvalue weighted by Crippen LogP contribution is -2.69. The van der Waals surface area contributed by atoms with Crippen LogP contribution in [0, 0.1) is 50.2 Å². The summed E-state index contributed by atoms with van der Waals surface area (Å²) in [4.78, 5) is 52.1. The molecule has 5 aliphatic carbocycles. The zero-order valence-corrected chi connectivity index (χ0v) is 28.6. The average Bonchev–Trinajstić information content (AvgIpc) is 2.93. The fourth-order valence-corrected chi connectivity index (χ4v) is 11.7. The summed E-state index contributed by atoms with van der Waals surface area (Å²) in [5, 5.41) is 0. The summed E-state index contributed by atoms with van der Waals surface area (Å²) in [7, 11) is 2.90. The van der Waals surface area contributed by atoms with Crippen molar-refractivity contribution < 1.29 is 38.1 Å². The van der Waals surface area contributed by atoms with E-state index in [4.69, 9.17) is 18.9 Å². The van der Waals surface area contributed by atoms with E-state index in [1.807, 2.05) is 6.92 Å². The molecule has 5 aliphatic rings. The second kappa shape index (κ2) is 10.6. The van der Waals surface area contributed by atoms with Gasteiger partial charge in [-0.3, -0.25) is 19.2 Å². The van der Waals surface area contributed by atoms with E-state index in [0.717, 1.165) is 51.4 Å². The zero-order chi connectivity index (χ0) is 32.7. The van der Waals surface area contributed by atoms with Crippen LogP contribution in [0.3, 0.4) is 0 Å². The lowest BCUT2D eigenvalue weighted by Gasteiger charge is -2.71. The normalized spacial score (nSPS) is 45.6. The Morgan fingerprint density at radius 3 is 1.95 bits per heavy atom. The Morgan fingerprint density at radius 1 is 0.750 bits per heavy atom. The van der Waals surface area contributed by atoms with Crippen LogP contribution in [0.1, 0.15) is 113 Å². The Labute approximate surface area is 263 Å². The van der Waals surface area contributed by atoms with E-state index in [-0.39, 0.29) is 40.0 Å². The number of hydrogen-bond donors (Lipinski definition) is 0. The van der Waals surface area contributed by atoms with E-state index in [1.54, 1.807) is 0 Å². The lowest BCUT2D eigenvalue weighted by molar-refractivity contribution is -0.250. The van der Waals surface area contributed by atoms with Crippen molar-refractivity contribution in [3.8, 4) is 0 Å². The Morgan fingerprint density at radius 2 is 1.36 bits per heavy atom. The first kappa shape index (κ1) is 33.0. The van der Waals surface area contributed by atoms with E-state index < -0.39 is 46.4 Å². The minimum Gasteiger partial charge on any atom is -0.469 e. The second-order valence-electron chi connectivity index (χ2n) is 16.5. The smallest absolute Gasteiger partial charge is 0.315 e. The van der Waals surface area contributed by atoms with E-state index >= 15 is 0 Å². The van der Waals surface area contributed by atoms with Crippen molar-refractivity contribution in [3.05, 3.63) is 11.6 Å². The fraction of sp³-hybridized carbons (Fsp3) is 0.833. The maximum atomic E-state index is 13.8. The number of methoxy groups -OCH3 is 2. The molecule has 10 unspecified atom stereocenters. The number of fused-ring (bicyclic) bond motifs is 7. The Kier molecular flexibility index (Phi) is 7.94. The Bertz CT molecular complexity index is 1270. The highest BCUT2D eigenvalue weighted by Gasteiger charge is 2.73. The molecular weight excluding hydrogens is 560 g/mol. The van der Waals surface area contributed by atoms with Gasteiger partial charge in [0.05, 0.1) is 19.6 Å². The SMILES string of the molecule is COC(=O)C12CCC(C)(C)CC1C1=CCC3C4(C)CC(OC(C)=O)C(OC(C)=O)C(C)(C(=O)OC)C4CCC3(C)C1(C)CC2. The highest BCUT2D eigenvalue weighted by molar-refractivity contribution is 5.80. The average molecular weight is 615 g/mol. The molecule has 0 amide bonds. The third-order valence-electron chi connectivity index (χ3n) is 14.0. The minimum absolute atomic E-state index is 0.0641. The molecule has 4 saturated carbocycles. The van der Waals surface area contributed by atoms with E-state index in [9.17, 15) is 19.2 Å². The van der Waals surface area contributed by atoms with Gasteiger partial charge in [0.2, 0.25) is 0 Å². The van der Waals surface area contributed by atoms with Gasteiger partial charge in [0.15, 0.2) is 6.10 Å². The highest BCUT2D eigenvalue weighted by atomic mass is 16.6. The van der Waals surface area contributed by atoms with Crippen molar-refractivity contribution in [2.45, 2.75) is 125 Å². The minimum atomic E-state index is -1.19. The van der Waals surface area contributed by atoms with Gasteiger partial charge in [0.25, 0.3) is 0 Å². The summed E-state index contributed by atoms with van der Waals surface area (Å²) < 4.78 is 22.7. The van der Waals surface area contributed by atoms with Gasteiger partial charge in [-0.2, -0.15) is 0 Å². The van der Waals surface area contributed by atoms with E-state index in [1.165, 1.54) is 33.6 Å². The standard InChI is InChI=1S/C36H54O8/c1-21(37)43-25-20-32(5)26-12-11-23-24-19-31(3,4)15-17-36(24,30(40)42-10)18-16-33(23,6)34(26,7)14-13-27(32)35(8,29(39)41-9)28(25)44-22(2)38/h11,24-28H,12-20H2,1-10H3. The molecule has 0 bridgehead atoms. The second-order valence-corrected chi connectivity index (χ2v) is 16.5. The molecule has 8 heteroatoms. The van der Waals surface area contributed by atoms with Gasteiger partial charge >= 0.3 is 23.9 Å². The molecule has 0 aromatic carbocycles. The number of allylic oxidation sites excluding steroid dienone is 2. The summed E-state index contributed by atoms with van der Waals surface area (Å²) in [6, 6.07) is 0. The maximum absolute atomic E-state index is 13.8. The molecule has 10 atom stereocenters. The van der Waals surface area contributed by atoms with Gasteiger partial charge in [0.1, 0.15) is 11.5 Å². The van der Waals surface area contributed by atoms with Crippen molar-refractivity contribution in [1.29, 1.82) is 0 Å². The quantitative estimate of drug-likeness (QED) is 0.199. The number of rotatable bonds is 4. The predicted octanol–water partition coefficient (Wildman–Crippen LogP) is 6.59. The molecule has 0 radical (unpaired) electrons. The van der Waals surface area contributed by atoms with Crippen LogP contribution in [-0.2, 0) is 38.1 Å². The molecule has 0 saturated heterocycles. The topological polar surface area (TPSA) is 105 Å². The fourth-order valence-electron chi connectivity index (χ4n) is 11.7. The molecule has 0 N–H and O–H groups in total. The molecule has 8 nitrogen and oxygen atoms in total. The van der Waals surface area contributed by atoms with Crippen molar-refractivity contribution in [2.75, 3.05) is 14.2 Å². The number of ether oxygens (including phenoxy) is 4. The van der Waals surface area contributed by atoms with Crippen molar-refractivity contribution in [1.82, 2.24) is 0 Å². The Hall–Kier alpha value is -2.38. The highest BCUT2D eigenvalue weighted by Crippen LogP contribution is 2.76. The molecule has 246 valence electrons. The molecule has 4 fully saturated rings. The van der Waals surface area contributed by atoms with Crippen LogP contribution < -0.4 is 0 Å². The van der Waals surface area contributed by atoms with Crippen LogP contribution in [0.15, 0.2) is 11.6 Å². The first-order chi connectivity index (χ1) is 20.4. The number of carbonyl (C=O) groups excluding carboxylic acids is 4. The Balaban J connectivity index is 1.64. The van der Waals surface area contributed by atoms with Crippen molar-refractivity contribution >= 4 is 23.9 Å². The summed E-state index contributed by atoms with van der Waals surface area (Å²) in [5.41, 5.74) is -0.810. The van der Waals surface area contributed by atoms with Gasteiger partial charge in [-0.05, 0) is 104 Å². The van der Waals surface area contributed by atoms with Gasteiger partial charge in [-0.15, -0.1) is 0 Å². The third-order valence-corrected chi connectivity index (χ3v) is 14.0. The van der Waals surface area contributed by atoms with Gasteiger partial charge in [-0.1, -0.05) is 46.3 Å². The van der Waals surface area contributed by atoms with Crippen LogP contribution in [0.2, 0.25) is 0 Å². The van der Waals surface area contributed by atoms with E-state index in [2.05, 4.69) is 40.7 Å². The van der Waals surface area contributed by atoms with E-state index in [0.29, 0.717) is 6.42 Å². The monoisotopic (exact) mass is 614 g/mol. The molecule has 44 heavy (non-hydrogen) atoms.